The molecule has 4 rings (SSSR count). The van der Waals surface area contributed by atoms with E-state index in [-0.39, 0.29) is 29.5 Å². The third-order valence-electron chi connectivity index (χ3n) is 5.63. The van der Waals surface area contributed by atoms with Crippen LogP contribution in [0.2, 0.25) is 0 Å². The Hall–Kier alpha value is -3.35. The minimum absolute atomic E-state index is 0.0361. The Bertz CT molecular complexity index is 1100. The number of aryl methyl sites for hydroxylation is 1. The fraction of sp³-hybridized carbons (Fsp3) is 0.318. The minimum atomic E-state index is -0.940. The first-order valence-corrected chi connectivity index (χ1v) is 9.81. The lowest BCUT2D eigenvalue weighted by Crippen LogP contribution is -2.39. The molecule has 1 aliphatic rings. The van der Waals surface area contributed by atoms with E-state index in [0.717, 1.165) is 29.4 Å². The van der Waals surface area contributed by atoms with Gasteiger partial charge >= 0.3 is 11.7 Å². The summed E-state index contributed by atoms with van der Waals surface area (Å²) in [6, 6.07) is 14.4. The quantitative estimate of drug-likeness (QED) is 0.697. The molecular weight excluding hydrogens is 370 g/mol. The van der Waals surface area contributed by atoms with Crippen molar-refractivity contribution < 1.29 is 14.7 Å². The second kappa shape index (κ2) is 7.95. The van der Waals surface area contributed by atoms with Crippen LogP contribution in [0.3, 0.4) is 0 Å². The zero-order valence-corrected chi connectivity index (χ0v) is 16.0. The van der Waals surface area contributed by atoms with Gasteiger partial charge in [0, 0.05) is 32.0 Å². The van der Waals surface area contributed by atoms with Gasteiger partial charge in [-0.3, -0.25) is 9.36 Å². The highest BCUT2D eigenvalue weighted by Crippen LogP contribution is 2.27. The van der Waals surface area contributed by atoms with Crippen molar-refractivity contribution in [1.29, 1.82) is 0 Å². The third-order valence-corrected chi connectivity index (χ3v) is 5.63. The van der Waals surface area contributed by atoms with E-state index in [4.69, 9.17) is 5.11 Å². The van der Waals surface area contributed by atoms with Crippen LogP contribution >= 0.6 is 0 Å². The molecule has 1 atom stereocenters. The van der Waals surface area contributed by atoms with E-state index in [9.17, 15) is 14.4 Å². The minimum Gasteiger partial charge on any atom is -0.478 e. The number of hydrogen-bond acceptors (Lipinski definition) is 3. The molecule has 0 radical (unpaired) electrons. The van der Waals surface area contributed by atoms with E-state index >= 15 is 0 Å². The van der Waals surface area contributed by atoms with E-state index in [1.807, 2.05) is 41.3 Å². The van der Waals surface area contributed by atoms with Gasteiger partial charge in [-0.2, -0.15) is 0 Å². The smallest absolute Gasteiger partial charge is 0.335 e. The summed E-state index contributed by atoms with van der Waals surface area (Å²) in [7, 11) is 0. The number of likely N-dealkylation sites (tertiary alicyclic amines) is 1. The highest BCUT2D eigenvalue weighted by atomic mass is 16.4. The molecule has 1 saturated heterocycles. The molecule has 1 aliphatic heterocycles. The van der Waals surface area contributed by atoms with E-state index in [1.54, 1.807) is 16.7 Å². The number of aromatic nitrogens is 2. The maximum Gasteiger partial charge on any atom is 0.335 e. The molecule has 29 heavy (non-hydrogen) atoms. The molecule has 0 saturated carbocycles. The second-order valence-electron chi connectivity index (χ2n) is 7.46. The largest absolute Gasteiger partial charge is 0.478 e. The zero-order chi connectivity index (χ0) is 20.4. The molecule has 0 spiro atoms. The standard InChI is InChI=1S/C22H23N3O4/c26-20(11-13-25-19-6-2-1-5-18(19)23-22(25)29)24-12-3-4-17(14-24)15-7-9-16(10-8-15)21(27)28/h1-2,5-10,17H,3-4,11-14H2,(H,23,29)(H,27,28)/t17-/m1/s1. The zero-order valence-electron chi connectivity index (χ0n) is 16.0. The molecule has 150 valence electrons. The van der Waals surface area contributed by atoms with Gasteiger partial charge in [0.05, 0.1) is 16.6 Å². The monoisotopic (exact) mass is 393 g/mol. The number of benzene rings is 2. The molecule has 1 amide bonds. The van der Waals surface area contributed by atoms with Gasteiger partial charge in [-0.15, -0.1) is 0 Å². The number of piperidine rings is 1. The summed E-state index contributed by atoms with van der Waals surface area (Å²) in [6.45, 7) is 1.68. The molecular formula is C22H23N3O4. The SMILES string of the molecule is O=C(O)c1ccc([C@@H]2CCCN(C(=O)CCn3c(=O)[nH]c4ccccc43)C2)cc1. The van der Waals surface area contributed by atoms with Gasteiger partial charge in [0.1, 0.15) is 0 Å². The summed E-state index contributed by atoms with van der Waals surface area (Å²) < 4.78 is 1.61. The van der Waals surface area contributed by atoms with Crippen LogP contribution in [0.25, 0.3) is 11.0 Å². The molecule has 7 heteroatoms. The molecule has 7 nitrogen and oxygen atoms in total. The fourth-order valence-corrected chi connectivity index (χ4v) is 4.07. The predicted octanol–water partition coefficient (Wildman–Crippen LogP) is 2.82. The van der Waals surface area contributed by atoms with Gasteiger partial charge in [-0.05, 0) is 42.7 Å². The fourth-order valence-electron chi connectivity index (χ4n) is 4.07. The lowest BCUT2D eigenvalue weighted by atomic mass is 9.90. The lowest BCUT2D eigenvalue weighted by Gasteiger charge is -2.33. The van der Waals surface area contributed by atoms with Gasteiger partial charge < -0.3 is 15.0 Å². The Balaban J connectivity index is 1.41. The Morgan fingerprint density at radius 3 is 2.62 bits per heavy atom. The number of carboxylic acid groups (broad SMARTS) is 1. The highest BCUT2D eigenvalue weighted by molar-refractivity contribution is 5.87. The number of H-pyrrole nitrogens is 1. The van der Waals surface area contributed by atoms with Crippen LogP contribution in [0.1, 0.15) is 41.1 Å². The van der Waals surface area contributed by atoms with Gasteiger partial charge in [0.2, 0.25) is 5.91 Å². The predicted molar refractivity (Wildman–Crippen MR) is 109 cm³/mol. The summed E-state index contributed by atoms with van der Waals surface area (Å²) >= 11 is 0. The number of nitrogens with one attached hydrogen (secondary N) is 1. The number of nitrogens with zero attached hydrogens (tertiary/aromatic N) is 2. The second-order valence-corrected chi connectivity index (χ2v) is 7.46. The van der Waals surface area contributed by atoms with Crippen LogP contribution in [0.15, 0.2) is 53.3 Å². The van der Waals surface area contributed by atoms with Crippen molar-refractivity contribution in [2.75, 3.05) is 13.1 Å². The van der Waals surface area contributed by atoms with Gasteiger partial charge in [-0.1, -0.05) is 24.3 Å². The summed E-state index contributed by atoms with van der Waals surface area (Å²) in [5, 5.41) is 9.04. The van der Waals surface area contributed by atoms with E-state index < -0.39 is 5.97 Å². The van der Waals surface area contributed by atoms with Gasteiger partial charge in [0.15, 0.2) is 0 Å². The average molecular weight is 393 g/mol. The van der Waals surface area contributed by atoms with E-state index in [2.05, 4.69) is 4.98 Å². The number of rotatable bonds is 5. The van der Waals surface area contributed by atoms with Crippen LogP contribution in [0.5, 0.6) is 0 Å². The molecule has 1 aromatic heterocycles. The van der Waals surface area contributed by atoms with Crippen molar-refractivity contribution in [2.45, 2.75) is 31.7 Å². The number of carbonyl (C=O) groups is 2. The number of carbonyl (C=O) groups excluding carboxylic acids is 1. The van der Waals surface area contributed by atoms with Crippen molar-refractivity contribution in [3.8, 4) is 0 Å². The number of hydrogen-bond donors (Lipinski definition) is 2. The van der Waals surface area contributed by atoms with Crippen LogP contribution in [-0.2, 0) is 11.3 Å². The maximum absolute atomic E-state index is 12.8. The van der Waals surface area contributed by atoms with Crippen molar-refractivity contribution in [3.63, 3.8) is 0 Å². The summed E-state index contributed by atoms with van der Waals surface area (Å²) in [5.41, 5.74) is 2.70. The van der Waals surface area contributed by atoms with Crippen molar-refractivity contribution in [3.05, 3.63) is 70.1 Å². The van der Waals surface area contributed by atoms with Gasteiger partial charge in [0.25, 0.3) is 0 Å². The van der Waals surface area contributed by atoms with Crippen LogP contribution in [0, 0.1) is 0 Å². The number of aromatic amines is 1. The Morgan fingerprint density at radius 1 is 1.10 bits per heavy atom. The van der Waals surface area contributed by atoms with E-state index in [1.165, 1.54) is 0 Å². The van der Waals surface area contributed by atoms with Crippen molar-refractivity contribution >= 4 is 22.9 Å². The Kier molecular flexibility index (Phi) is 5.20. The Morgan fingerprint density at radius 2 is 1.86 bits per heavy atom. The molecule has 0 unspecified atom stereocenters. The molecule has 1 fully saturated rings. The van der Waals surface area contributed by atoms with Crippen LogP contribution in [-0.4, -0.2) is 44.5 Å². The topological polar surface area (TPSA) is 95.4 Å². The molecule has 0 bridgehead atoms. The van der Waals surface area contributed by atoms with Crippen LogP contribution in [0.4, 0.5) is 0 Å². The molecule has 3 aromatic rings. The first kappa shape index (κ1) is 19.0. The number of amides is 1. The molecule has 2 heterocycles. The third kappa shape index (κ3) is 3.94. The first-order valence-electron chi connectivity index (χ1n) is 9.81. The summed E-state index contributed by atoms with van der Waals surface area (Å²) in [6.07, 6.45) is 2.15. The molecule has 0 aliphatic carbocycles. The van der Waals surface area contributed by atoms with Crippen molar-refractivity contribution in [1.82, 2.24) is 14.5 Å². The first-order chi connectivity index (χ1) is 14.0. The number of fused-ring (bicyclic) bond motifs is 1. The number of para-hydroxylation sites is 2. The van der Waals surface area contributed by atoms with Crippen molar-refractivity contribution in [2.24, 2.45) is 0 Å². The number of carboxylic acids is 1. The highest BCUT2D eigenvalue weighted by Gasteiger charge is 2.25. The summed E-state index contributed by atoms with van der Waals surface area (Å²) in [4.78, 5) is 40.7. The summed E-state index contributed by atoms with van der Waals surface area (Å²) in [5.74, 6) is -0.704. The lowest BCUT2D eigenvalue weighted by molar-refractivity contribution is -0.132. The normalized spacial score (nSPS) is 16.8. The Labute approximate surface area is 167 Å². The molecule has 2 aromatic carbocycles. The maximum atomic E-state index is 12.8. The van der Waals surface area contributed by atoms with E-state index in [0.29, 0.717) is 19.6 Å². The number of imidazole rings is 1. The number of aromatic carboxylic acids is 1. The molecule has 2 N–H and O–H groups in total. The van der Waals surface area contributed by atoms with Gasteiger partial charge in [-0.25, -0.2) is 9.59 Å². The van der Waals surface area contributed by atoms with Crippen LogP contribution < -0.4 is 5.69 Å². The average Bonchev–Trinajstić information content (AvgIpc) is 3.07.